The second-order valence-electron chi connectivity index (χ2n) is 7.30. The van der Waals surface area contributed by atoms with Crippen molar-refractivity contribution in [2.24, 2.45) is 4.99 Å². The first-order valence-electron chi connectivity index (χ1n) is 10.3. The molecular weight excluding hydrogens is 398 g/mol. The number of amides is 1. The summed E-state index contributed by atoms with van der Waals surface area (Å²) in [5, 5.41) is 11.8. The second-order valence-corrected chi connectivity index (χ2v) is 8.28. The van der Waals surface area contributed by atoms with Crippen LogP contribution in [0.1, 0.15) is 36.2 Å². The SMILES string of the molecule is CN=C(NCc1ccc(OC)c(NC(C)=O)c1)NCC(c1cccs1)N1CCCC1. The number of carbonyl (C=O) groups is 1. The van der Waals surface area contributed by atoms with E-state index in [4.69, 9.17) is 4.74 Å². The lowest BCUT2D eigenvalue weighted by molar-refractivity contribution is -0.114. The zero-order valence-electron chi connectivity index (χ0n) is 17.9. The molecule has 1 aromatic heterocycles. The summed E-state index contributed by atoms with van der Waals surface area (Å²) in [7, 11) is 3.37. The zero-order valence-corrected chi connectivity index (χ0v) is 18.7. The predicted octanol–water partition coefficient (Wildman–Crippen LogP) is 3.22. The maximum Gasteiger partial charge on any atom is 0.221 e. The maximum atomic E-state index is 11.4. The molecule has 7 nitrogen and oxygen atoms in total. The Kier molecular flexibility index (Phi) is 8.10. The van der Waals surface area contributed by atoms with Crippen molar-refractivity contribution in [1.29, 1.82) is 0 Å². The molecule has 2 aromatic rings. The Balaban J connectivity index is 1.59. The molecule has 1 aliphatic heterocycles. The lowest BCUT2D eigenvalue weighted by atomic mass is 10.2. The lowest BCUT2D eigenvalue weighted by Gasteiger charge is -2.27. The molecule has 8 heteroatoms. The number of ether oxygens (including phenoxy) is 1. The van der Waals surface area contributed by atoms with Gasteiger partial charge in [0.25, 0.3) is 0 Å². The normalized spacial score (nSPS) is 15.6. The quantitative estimate of drug-likeness (QED) is 0.444. The topological polar surface area (TPSA) is 78.0 Å². The molecule has 30 heavy (non-hydrogen) atoms. The number of hydrogen-bond donors (Lipinski definition) is 3. The Hall–Kier alpha value is -2.58. The molecule has 1 atom stereocenters. The molecule has 0 bridgehead atoms. The number of guanidine groups is 1. The number of nitrogens with zero attached hydrogens (tertiary/aromatic N) is 2. The number of benzene rings is 1. The third-order valence-electron chi connectivity index (χ3n) is 5.17. The molecule has 1 saturated heterocycles. The Morgan fingerprint density at radius 2 is 2.07 bits per heavy atom. The molecule has 3 rings (SSSR count). The van der Waals surface area contributed by atoms with Crippen LogP contribution in [0.3, 0.4) is 0 Å². The van der Waals surface area contributed by atoms with Crippen LogP contribution < -0.4 is 20.7 Å². The first kappa shape index (κ1) is 22.1. The lowest BCUT2D eigenvalue weighted by Crippen LogP contribution is -2.42. The van der Waals surface area contributed by atoms with Crippen LogP contribution in [0.2, 0.25) is 0 Å². The van der Waals surface area contributed by atoms with E-state index in [2.05, 4.69) is 43.4 Å². The highest BCUT2D eigenvalue weighted by atomic mass is 32.1. The average molecular weight is 430 g/mol. The fraction of sp³-hybridized carbons (Fsp3) is 0.455. The number of rotatable bonds is 8. The molecule has 1 aromatic carbocycles. The van der Waals surface area contributed by atoms with Crippen LogP contribution in [0, 0.1) is 0 Å². The van der Waals surface area contributed by atoms with Gasteiger partial charge in [-0.1, -0.05) is 12.1 Å². The highest BCUT2D eigenvalue weighted by molar-refractivity contribution is 7.10. The summed E-state index contributed by atoms with van der Waals surface area (Å²) in [5.41, 5.74) is 1.69. The number of methoxy groups -OCH3 is 1. The minimum absolute atomic E-state index is 0.127. The molecule has 1 fully saturated rings. The van der Waals surface area contributed by atoms with E-state index in [1.807, 2.05) is 29.5 Å². The minimum atomic E-state index is -0.127. The van der Waals surface area contributed by atoms with Crippen molar-refractivity contribution in [2.75, 3.05) is 39.1 Å². The third-order valence-corrected chi connectivity index (χ3v) is 6.15. The van der Waals surface area contributed by atoms with E-state index < -0.39 is 0 Å². The Morgan fingerprint density at radius 3 is 2.70 bits per heavy atom. The summed E-state index contributed by atoms with van der Waals surface area (Å²) in [6.45, 7) is 5.17. The smallest absolute Gasteiger partial charge is 0.221 e. The number of likely N-dealkylation sites (tertiary alicyclic amines) is 1. The fourth-order valence-electron chi connectivity index (χ4n) is 3.70. The predicted molar refractivity (Wildman–Crippen MR) is 123 cm³/mol. The van der Waals surface area contributed by atoms with Gasteiger partial charge in [-0.25, -0.2) is 0 Å². The monoisotopic (exact) mass is 429 g/mol. The second kappa shape index (κ2) is 11.0. The fourth-order valence-corrected chi connectivity index (χ4v) is 4.56. The zero-order chi connectivity index (χ0) is 21.3. The Morgan fingerprint density at radius 1 is 1.27 bits per heavy atom. The van der Waals surface area contributed by atoms with Crippen LogP contribution in [0.5, 0.6) is 5.75 Å². The van der Waals surface area contributed by atoms with Gasteiger partial charge in [-0.3, -0.25) is 14.7 Å². The van der Waals surface area contributed by atoms with E-state index >= 15 is 0 Å². The van der Waals surface area contributed by atoms with Gasteiger partial charge < -0.3 is 20.7 Å². The summed E-state index contributed by atoms with van der Waals surface area (Å²) in [5.74, 6) is 1.27. The van der Waals surface area contributed by atoms with Crippen LogP contribution in [0.4, 0.5) is 5.69 Å². The minimum Gasteiger partial charge on any atom is -0.495 e. The third kappa shape index (κ3) is 5.96. The van der Waals surface area contributed by atoms with E-state index in [9.17, 15) is 4.79 Å². The van der Waals surface area contributed by atoms with Gasteiger partial charge >= 0.3 is 0 Å². The average Bonchev–Trinajstić information content (AvgIpc) is 3.45. The highest BCUT2D eigenvalue weighted by Gasteiger charge is 2.24. The first-order chi connectivity index (χ1) is 14.6. The van der Waals surface area contributed by atoms with Gasteiger partial charge in [0.2, 0.25) is 5.91 Å². The van der Waals surface area contributed by atoms with Gasteiger partial charge in [0.05, 0.1) is 18.8 Å². The van der Waals surface area contributed by atoms with E-state index in [0.717, 1.165) is 31.2 Å². The first-order valence-corrected chi connectivity index (χ1v) is 11.1. The number of nitrogens with one attached hydrogen (secondary N) is 3. The van der Waals surface area contributed by atoms with Gasteiger partial charge in [0.15, 0.2) is 5.96 Å². The van der Waals surface area contributed by atoms with Crippen LogP contribution in [-0.4, -0.2) is 50.6 Å². The highest BCUT2D eigenvalue weighted by Crippen LogP contribution is 2.28. The summed E-state index contributed by atoms with van der Waals surface area (Å²) < 4.78 is 5.32. The molecule has 3 N–H and O–H groups in total. The summed E-state index contributed by atoms with van der Waals surface area (Å²) in [6, 6.07) is 10.4. The van der Waals surface area contributed by atoms with Crippen LogP contribution in [0.25, 0.3) is 0 Å². The molecule has 0 spiro atoms. The van der Waals surface area contributed by atoms with Gasteiger partial charge in [-0.15, -0.1) is 11.3 Å². The van der Waals surface area contributed by atoms with Crippen LogP contribution >= 0.6 is 11.3 Å². The standard InChI is InChI=1S/C22H31N5O2S/c1-16(28)26-18-13-17(8-9-20(18)29-3)14-24-22(23-2)25-15-19(21-7-6-12-30-21)27-10-4-5-11-27/h6-9,12-13,19H,4-5,10-11,14-15H2,1-3H3,(H,26,28)(H2,23,24,25). The van der Waals surface area contributed by atoms with E-state index in [1.165, 1.54) is 24.6 Å². The van der Waals surface area contributed by atoms with E-state index in [1.54, 1.807) is 14.2 Å². The summed E-state index contributed by atoms with van der Waals surface area (Å²) in [4.78, 5) is 19.8. The van der Waals surface area contributed by atoms with E-state index in [-0.39, 0.29) is 5.91 Å². The molecule has 1 amide bonds. The molecule has 1 aliphatic rings. The van der Waals surface area contributed by atoms with Crippen molar-refractivity contribution in [1.82, 2.24) is 15.5 Å². The molecular formula is C22H31N5O2S. The molecule has 1 unspecified atom stereocenters. The summed E-state index contributed by atoms with van der Waals surface area (Å²) >= 11 is 1.81. The van der Waals surface area contributed by atoms with Crippen LogP contribution in [0.15, 0.2) is 40.7 Å². The van der Waals surface area contributed by atoms with Crippen molar-refractivity contribution >= 4 is 28.9 Å². The van der Waals surface area contributed by atoms with Gasteiger partial charge in [0, 0.05) is 31.9 Å². The Labute approximate surface area is 182 Å². The summed E-state index contributed by atoms with van der Waals surface area (Å²) in [6.07, 6.45) is 2.53. The maximum absolute atomic E-state index is 11.4. The molecule has 0 aliphatic carbocycles. The van der Waals surface area contributed by atoms with Crippen molar-refractivity contribution < 1.29 is 9.53 Å². The molecule has 2 heterocycles. The largest absolute Gasteiger partial charge is 0.495 e. The van der Waals surface area contributed by atoms with Gasteiger partial charge in [-0.05, 0) is 55.1 Å². The molecule has 0 radical (unpaired) electrons. The number of aliphatic imine (C=N–C) groups is 1. The number of thiophene rings is 1. The molecule has 0 saturated carbocycles. The van der Waals surface area contributed by atoms with Gasteiger partial charge in [0.1, 0.15) is 5.75 Å². The van der Waals surface area contributed by atoms with Gasteiger partial charge in [-0.2, -0.15) is 0 Å². The molecule has 162 valence electrons. The van der Waals surface area contributed by atoms with E-state index in [0.29, 0.717) is 24.0 Å². The van der Waals surface area contributed by atoms with Crippen molar-refractivity contribution in [3.8, 4) is 5.75 Å². The number of anilines is 1. The van der Waals surface area contributed by atoms with Crippen molar-refractivity contribution in [3.63, 3.8) is 0 Å². The van der Waals surface area contributed by atoms with Crippen molar-refractivity contribution in [3.05, 3.63) is 46.2 Å². The number of carbonyl (C=O) groups excluding carboxylic acids is 1. The van der Waals surface area contributed by atoms with Crippen LogP contribution in [-0.2, 0) is 11.3 Å². The van der Waals surface area contributed by atoms with Crippen molar-refractivity contribution in [2.45, 2.75) is 32.4 Å². The number of hydrogen-bond acceptors (Lipinski definition) is 5. The Bertz CT molecular complexity index is 847.